The van der Waals surface area contributed by atoms with Crippen LogP contribution in [0.5, 0.6) is 0 Å². The molecule has 0 spiro atoms. The first-order valence-corrected chi connectivity index (χ1v) is 9.83. The molecule has 3 aromatic heterocycles. The average Bonchev–Trinajstić information content (AvgIpc) is 3.09. The summed E-state index contributed by atoms with van der Waals surface area (Å²) in [6, 6.07) is 3.10. The van der Waals surface area contributed by atoms with Gasteiger partial charge in [-0.15, -0.1) is 0 Å². The zero-order valence-electron chi connectivity index (χ0n) is 15.2. The van der Waals surface area contributed by atoms with Crippen molar-refractivity contribution in [3.8, 4) is 0 Å². The van der Waals surface area contributed by atoms with E-state index in [4.69, 9.17) is 0 Å². The second-order valence-electron chi connectivity index (χ2n) is 5.76. The van der Waals surface area contributed by atoms with Gasteiger partial charge in [0.1, 0.15) is 11.4 Å². The lowest BCUT2D eigenvalue weighted by molar-refractivity contribution is 0.0950. The van der Waals surface area contributed by atoms with E-state index in [1.165, 1.54) is 24.0 Å². The third kappa shape index (κ3) is 4.27. The summed E-state index contributed by atoms with van der Waals surface area (Å²) in [6.07, 6.45) is 6.12. The molecule has 0 bridgehead atoms. The Bertz CT molecular complexity index is 998. The standard InChI is InChI=1S/C17H21N7O2S/c1-3-6-18-13-12-10-21-24(14(12)23-17(22-13)27-2)9-8-20-16(26)11-5-4-7-19-15(11)25/h4-5,7,10H,3,6,8-9H2,1-2H3,(H,19,25)(H,20,26)(H,18,22,23). The second-order valence-corrected chi connectivity index (χ2v) is 6.53. The minimum absolute atomic E-state index is 0.0841. The molecule has 0 aliphatic rings. The molecule has 10 heteroatoms. The number of carbonyl (C=O) groups is 1. The van der Waals surface area contributed by atoms with Gasteiger partial charge >= 0.3 is 0 Å². The van der Waals surface area contributed by atoms with Crippen LogP contribution in [0.4, 0.5) is 5.82 Å². The molecular weight excluding hydrogens is 366 g/mol. The molecule has 142 valence electrons. The van der Waals surface area contributed by atoms with Crippen LogP contribution in [0, 0.1) is 0 Å². The van der Waals surface area contributed by atoms with E-state index >= 15 is 0 Å². The van der Waals surface area contributed by atoms with Crippen LogP contribution in [0.3, 0.4) is 0 Å². The molecule has 3 heterocycles. The predicted octanol–water partition coefficient (Wildman–Crippen LogP) is 1.49. The highest BCUT2D eigenvalue weighted by Crippen LogP contribution is 2.23. The van der Waals surface area contributed by atoms with Gasteiger partial charge in [0.2, 0.25) is 0 Å². The molecule has 0 aliphatic carbocycles. The number of anilines is 1. The number of hydrogen-bond acceptors (Lipinski definition) is 7. The number of aromatic amines is 1. The van der Waals surface area contributed by atoms with Crippen LogP contribution >= 0.6 is 11.8 Å². The molecule has 0 radical (unpaired) electrons. The highest BCUT2D eigenvalue weighted by atomic mass is 32.2. The third-order valence-electron chi connectivity index (χ3n) is 3.87. The van der Waals surface area contributed by atoms with Crippen molar-refractivity contribution < 1.29 is 4.79 Å². The molecule has 0 atom stereocenters. The summed E-state index contributed by atoms with van der Waals surface area (Å²) in [7, 11) is 0. The van der Waals surface area contributed by atoms with Crippen molar-refractivity contribution in [2.24, 2.45) is 0 Å². The van der Waals surface area contributed by atoms with Crippen LogP contribution in [-0.4, -0.2) is 50.0 Å². The Morgan fingerprint density at radius 1 is 1.33 bits per heavy atom. The number of fused-ring (bicyclic) bond motifs is 1. The summed E-state index contributed by atoms with van der Waals surface area (Å²) in [5.41, 5.74) is 0.379. The van der Waals surface area contributed by atoms with Gasteiger partial charge in [-0.2, -0.15) is 5.10 Å². The van der Waals surface area contributed by atoms with Crippen molar-refractivity contribution in [2.75, 3.05) is 24.7 Å². The Morgan fingerprint density at radius 3 is 2.93 bits per heavy atom. The van der Waals surface area contributed by atoms with Crippen LogP contribution in [0.1, 0.15) is 23.7 Å². The van der Waals surface area contributed by atoms with Gasteiger partial charge in [-0.25, -0.2) is 14.6 Å². The van der Waals surface area contributed by atoms with E-state index in [1.807, 2.05) is 6.26 Å². The highest BCUT2D eigenvalue weighted by molar-refractivity contribution is 7.98. The van der Waals surface area contributed by atoms with E-state index < -0.39 is 11.5 Å². The number of nitrogens with zero attached hydrogens (tertiary/aromatic N) is 4. The van der Waals surface area contributed by atoms with E-state index in [1.54, 1.807) is 16.9 Å². The zero-order chi connectivity index (χ0) is 19.2. The summed E-state index contributed by atoms with van der Waals surface area (Å²) >= 11 is 1.46. The molecule has 3 aromatic rings. The van der Waals surface area contributed by atoms with E-state index in [9.17, 15) is 9.59 Å². The topological polar surface area (TPSA) is 118 Å². The summed E-state index contributed by atoms with van der Waals surface area (Å²) in [5.74, 6) is 0.343. The van der Waals surface area contributed by atoms with Gasteiger partial charge in [-0.05, 0) is 24.8 Å². The van der Waals surface area contributed by atoms with E-state index in [0.29, 0.717) is 23.9 Å². The number of rotatable bonds is 8. The molecule has 1 amide bonds. The first-order chi connectivity index (χ1) is 13.1. The Kier molecular flexibility index (Phi) is 6.07. The van der Waals surface area contributed by atoms with Gasteiger partial charge < -0.3 is 15.6 Å². The Morgan fingerprint density at radius 2 is 2.19 bits per heavy atom. The summed E-state index contributed by atoms with van der Waals surface area (Å²) in [5, 5.41) is 11.9. The Hall–Kier alpha value is -2.88. The lowest BCUT2D eigenvalue weighted by Gasteiger charge is -2.08. The molecular formula is C17H21N7O2S. The first-order valence-electron chi connectivity index (χ1n) is 8.61. The van der Waals surface area contributed by atoms with Crippen molar-refractivity contribution in [1.29, 1.82) is 0 Å². The van der Waals surface area contributed by atoms with E-state index in [-0.39, 0.29) is 5.56 Å². The van der Waals surface area contributed by atoms with Gasteiger partial charge in [0.15, 0.2) is 10.8 Å². The Balaban J connectivity index is 1.74. The van der Waals surface area contributed by atoms with Gasteiger partial charge in [0.25, 0.3) is 11.5 Å². The van der Waals surface area contributed by atoms with Crippen molar-refractivity contribution in [3.63, 3.8) is 0 Å². The normalized spacial score (nSPS) is 10.9. The molecule has 3 rings (SSSR count). The molecule has 0 aromatic carbocycles. The maximum Gasteiger partial charge on any atom is 0.260 e. The number of thioether (sulfide) groups is 1. The number of nitrogens with one attached hydrogen (secondary N) is 3. The SMILES string of the molecule is CCCNc1nc(SC)nc2c1cnn2CCNC(=O)c1ccc[nH]c1=O. The number of H-pyrrole nitrogens is 1. The fourth-order valence-electron chi connectivity index (χ4n) is 2.54. The summed E-state index contributed by atoms with van der Waals surface area (Å²) < 4.78 is 1.73. The van der Waals surface area contributed by atoms with E-state index in [2.05, 4.69) is 37.6 Å². The van der Waals surface area contributed by atoms with Gasteiger partial charge in [-0.3, -0.25) is 9.59 Å². The smallest absolute Gasteiger partial charge is 0.260 e. The molecule has 0 unspecified atom stereocenters. The number of carbonyl (C=O) groups excluding carboxylic acids is 1. The highest BCUT2D eigenvalue weighted by Gasteiger charge is 2.13. The molecule has 0 aliphatic heterocycles. The monoisotopic (exact) mass is 387 g/mol. The van der Waals surface area contributed by atoms with Crippen LogP contribution in [-0.2, 0) is 6.54 Å². The minimum Gasteiger partial charge on any atom is -0.369 e. The van der Waals surface area contributed by atoms with Gasteiger partial charge in [0.05, 0.1) is 18.1 Å². The molecule has 27 heavy (non-hydrogen) atoms. The van der Waals surface area contributed by atoms with Crippen LogP contribution in [0.25, 0.3) is 11.0 Å². The minimum atomic E-state index is -0.418. The van der Waals surface area contributed by atoms with E-state index in [0.717, 1.165) is 24.2 Å². The number of aromatic nitrogens is 5. The quantitative estimate of drug-likeness (QED) is 0.396. The molecule has 0 saturated carbocycles. The van der Waals surface area contributed by atoms with Gasteiger partial charge in [-0.1, -0.05) is 18.7 Å². The summed E-state index contributed by atoms with van der Waals surface area (Å²) in [4.78, 5) is 35.3. The largest absolute Gasteiger partial charge is 0.369 e. The van der Waals surface area contributed by atoms with Crippen LogP contribution in [0.2, 0.25) is 0 Å². The molecule has 0 fully saturated rings. The number of hydrogen-bond donors (Lipinski definition) is 3. The van der Waals surface area contributed by atoms with Gasteiger partial charge in [0, 0.05) is 19.3 Å². The van der Waals surface area contributed by atoms with Crippen LogP contribution in [0.15, 0.2) is 34.5 Å². The number of pyridine rings is 1. The third-order valence-corrected chi connectivity index (χ3v) is 4.42. The first kappa shape index (κ1) is 18.9. The van der Waals surface area contributed by atoms with Crippen molar-refractivity contribution in [3.05, 3.63) is 40.4 Å². The lowest BCUT2D eigenvalue weighted by atomic mass is 10.2. The fraction of sp³-hybridized carbons (Fsp3) is 0.353. The maximum atomic E-state index is 12.1. The fourth-order valence-corrected chi connectivity index (χ4v) is 2.90. The molecule has 3 N–H and O–H groups in total. The lowest BCUT2D eigenvalue weighted by Crippen LogP contribution is -2.31. The van der Waals surface area contributed by atoms with Crippen molar-refractivity contribution in [2.45, 2.75) is 25.0 Å². The number of amides is 1. The predicted molar refractivity (Wildman–Crippen MR) is 105 cm³/mol. The zero-order valence-corrected chi connectivity index (χ0v) is 16.0. The van der Waals surface area contributed by atoms with Crippen molar-refractivity contribution >= 4 is 34.5 Å². The molecule has 9 nitrogen and oxygen atoms in total. The molecule has 0 saturated heterocycles. The van der Waals surface area contributed by atoms with Crippen LogP contribution < -0.4 is 16.2 Å². The summed E-state index contributed by atoms with van der Waals surface area (Å²) in [6.45, 7) is 3.65. The maximum absolute atomic E-state index is 12.1. The second kappa shape index (κ2) is 8.67. The average molecular weight is 387 g/mol. The Labute approximate surface area is 160 Å². The van der Waals surface area contributed by atoms with Crippen molar-refractivity contribution in [1.82, 2.24) is 30.0 Å².